The van der Waals surface area contributed by atoms with Crippen molar-refractivity contribution in [3.8, 4) is 5.75 Å². The molecule has 1 N–H and O–H groups in total. The van der Waals surface area contributed by atoms with E-state index < -0.39 is 6.10 Å². The zero-order valence-electron chi connectivity index (χ0n) is 15.5. The van der Waals surface area contributed by atoms with E-state index in [4.69, 9.17) is 13.6 Å². The number of furan rings is 2. The van der Waals surface area contributed by atoms with Gasteiger partial charge in [0, 0.05) is 12.5 Å². The Morgan fingerprint density at radius 3 is 2.18 bits per heavy atom. The number of halogens is 1. The Kier molecular flexibility index (Phi) is 5.78. The first-order valence-corrected chi connectivity index (χ1v) is 9.55. The molecule has 5 nitrogen and oxygen atoms in total. The number of benzene rings is 1. The molecule has 0 unspecified atom stereocenters. The molecular weight excluding hydrogens is 361 g/mol. The monoisotopic (exact) mass is 385 g/mol. The Labute approximate surface area is 163 Å². The first-order chi connectivity index (χ1) is 13.7. The van der Waals surface area contributed by atoms with E-state index in [9.17, 15) is 9.50 Å². The van der Waals surface area contributed by atoms with E-state index in [1.807, 2.05) is 24.3 Å². The Morgan fingerprint density at radius 2 is 1.61 bits per heavy atom. The molecule has 1 aromatic carbocycles. The van der Waals surface area contributed by atoms with Crippen molar-refractivity contribution >= 4 is 0 Å². The van der Waals surface area contributed by atoms with Gasteiger partial charge in [0.05, 0.1) is 31.7 Å². The van der Waals surface area contributed by atoms with Crippen molar-refractivity contribution in [2.24, 2.45) is 5.92 Å². The van der Waals surface area contributed by atoms with Crippen LogP contribution in [0.15, 0.2) is 69.9 Å². The van der Waals surface area contributed by atoms with Crippen LogP contribution in [-0.4, -0.2) is 28.8 Å². The molecule has 3 atom stereocenters. The summed E-state index contributed by atoms with van der Waals surface area (Å²) in [6.07, 6.45) is 4.08. The van der Waals surface area contributed by atoms with Crippen LogP contribution in [0.3, 0.4) is 0 Å². The van der Waals surface area contributed by atoms with Crippen LogP contribution < -0.4 is 4.74 Å². The molecule has 1 fully saturated rings. The first kappa shape index (κ1) is 18.8. The second-order valence-corrected chi connectivity index (χ2v) is 7.27. The summed E-state index contributed by atoms with van der Waals surface area (Å²) >= 11 is 0. The molecule has 1 aliphatic rings. The van der Waals surface area contributed by atoms with E-state index in [-0.39, 0.29) is 17.8 Å². The van der Waals surface area contributed by atoms with Gasteiger partial charge in [-0.15, -0.1) is 0 Å². The molecule has 0 saturated heterocycles. The van der Waals surface area contributed by atoms with Gasteiger partial charge >= 0.3 is 0 Å². The predicted octanol–water partition coefficient (Wildman–Crippen LogP) is 4.23. The molecule has 0 aliphatic heterocycles. The second kappa shape index (κ2) is 8.63. The van der Waals surface area contributed by atoms with Gasteiger partial charge in [-0.3, -0.25) is 4.90 Å². The third-order valence-corrected chi connectivity index (χ3v) is 5.20. The van der Waals surface area contributed by atoms with Crippen molar-refractivity contribution in [2.45, 2.75) is 38.1 Å². The third-order valence-electron chi connectivity index (χ3n) is 5.20. The fraction of sp³-hybridized carbons (Fsp3) is 0.364. The van der Waals surface area contributed by atoms with Crippen LogP contribution in [0.4, 0.5) is 4.39 Å². The Hall–Kier alpha value is -2.57. The highest BCUT2D eigenvalue weighted by Gasteiger charge is 2.37. The lowest BCUT2D eigenvalue weighted by Crippen LogP contribution is -2.37. The van der Waals surface area contributed by atoms with Crippen molar-refractivity contribution in [1.29, 1.82) is 0 Å². The molecule has 6 heteroatoms. The molecule has 0 bridgehead atoms. The molecular formula is C22H24FNO4. The number of ether oxygens (including phenoxy) is 1. The maximum absolute atomic E-state index is 13.1. The summed E-state index contributed by atoms with van der Waals surface area (Å²) in [5, 5.41) is 10.8. The molecule has 3 aromatic rings. The number of nitrogens with zero attached hydrogens (tertiary/aromatic N) is 1. The van der Waals surface area contributed by atoms with Crippen molar-refractivity contribution in [3.05, 3.63) is 78.4 Å². The molecule has 2 heterocycles. The van der Waals surface area contributed by atoms with Gasteiger partial charge < -0.3 is 18.7 Å². The topological polar surface area (TPSA) is 59.0 Å². The standard InChI is InChI=1S/C22H24FNO4/c23-17-6-8-18(9-7-17)28-21-10-5-16(22(21)25)13-24(14-19-3-1-11-26-19)15-20-4-2-12-27-20/h1-4,6-9,11-12,16,21-22,25H,5,10,13-15H2/t16-,21-,22-/m1/s1. The van der Waals surface area contributed by atoms with Crippen LogP contribution in [-0.2, 0) is 13.1 Å². The highest BCUT2D eigenvalue weighted by molar-refractivity contribution is 5.22. The summed E-state index contributed by atoms with van der Waals surface area (Å²) in [6.45, 7) is 1.98. The summed E-state index contributed by atoms with van der Waals surface area (Å²) < 4.78 is 29.9. The number of hydrogen-bond donors (Lipinski definition) is 1. The van der Waals surface area contributed by atoms with Crippen molar-refractivity contribution in [3.63, 3.8) is 0 Å². The van der Waals surface area contributed by atoms with Crippen LogP contribution in [0.1, 0.15) is 24.4 Å². The fourth-order valence-electron chi connectivity index (χ4n) is 3.80. The Balaban J connectivity index is 1.39. The second-order valence-electron chi connectivity index (χ2n) is 7.27. The van der Waals surface area contributed by atoms with Gasteiger partial charge in [0.25, 0.3) is 0 Å². The van der Waals surface area contributed by atoms with E-state index in [1.165, 1.54) is 12.1 Å². The summed E-state index contributed by atoms with van der Waals surface area (Å²) in [6, 6.07) is 13.5. The molecule has 1 saturated carbocycles. The molecule has 28 heavy (non-hydrogen) atoms. The third kappa shape index (κ3) is 4.64. The average molecular weight is 385 g/mol. The lowest BCUT2D eigenvalue weighted by molar-refractivity contribution is 0.0216. The van der Waals surface area contributed by atoms with E-state index >= 15 is 0 Å². The molecule has 0 spiro atoms. The van der Waals surface area contributed by atoms with Crippen LogP contribution in [0, 0.1) is 11.7 Å². The van der Waals surface area contributed by atoms with Gasteiger partial charge in [0.15, 0.2) is 0 Å². The maximum atomic E-state index is 13.1. The van der Waals surface area contributed by atoms with Gasteiger partial charge in [-0.05, 0) is 61.4 Å². The van der Waals surface area contributed by atoms with Gasteiger partial charge in [-0.1, -0.05) is 0 Å². The maximum Gasteiger partial charge on any atom is 0.125 e. The van der Waals surface area contributed by atoms with Crippen molar-refractivity contribution < 1.29 is 23.1 Å². The first-order valence-electron chi connectivity index (χ1n) is 9.55. The number of rotatable bonds is 8. The quantitative estimate of drug-likeness (QED) is 0.629. The minimum atomic E-state index is -0.583. The zero-order chi connectivity index (χ0) is 19.3. The number of aliphatic hydroxyl groups is 1. The number of aliphatic hydroxyl groups excluding tert-OH is 1. The Bertz CT molecular complexity index is 796. The molecule has 148 valence electrons. The van der Waals surface area contributed by atoms with Crippen LogP contribution in [0.5, 0.6) is 5.75 Å². The lowest BCUT2D eigenvalue weighted by atomic mass is 10.0. The minimum Gasteiger partial charge on any atom is -0.488 e. The minimum absolute atomic E-state index is 0.0790. The molecule has 0 amide bonds. The summed E-state index contributed by atoms with van der Waals surface area (Å²) in [4.78, 5) is 2.21. The molecule has 1 aliphatic carbocycles. The van der Waals surface area contributed by atoms with Crippen LogP contribution >= 0.6 is 0 Å². The highest BCUT2D eigenvalue weighted by atomic mass is 19.1. The zero-order valence-corrected chi connectivity index (χ0v) is 15.5. The van der Waals surface area contributed by atoms with Gasteiger partial charge in [-0.2, -0.15) is 0 Å². The van der Waals surface area contributed by atoms with Crippen molar-refractivity contribution in [2.75, 3.05) is 6.54 Å². The summed E-state index contributed by atoms with van der Waals surface area (Å²) in [5.41, 5.74) is 0. The normalized spacial score (nSPS) is 22.0. The fourth-order valence-corrected chi connectivity index (χ4v) is 3.80. The summed E-state index contributed by atoms with van der Waals surface area (Å²) in [7, 11) is 0. The van der Waals surface area contributed by atoms with E-state index in [0.717, 1.165) is 24.4 Å². The molecule has 0 radical (unpaired) electrons. The molecule has 2 aromatic heterocycles. The van der Waals surface area contributed by atoms with E-state index in [2.05, 4.69) is 4.90 Å². The SMILES string of the molecule is O[C@@H]1[C@@H](CN(Cc2ccco2)Cc2ccco2)CC[C@H]1Oc1ccc(F)cc1. The Morgan fingerprint density at radius 1 is 0.964 bits per heavy atom. The summed E-state index contributed by atoms with van der Waals surface area (Å²) in [5.74, 6) is 2.10. The van der Waals surface area contributed by atoms with E-state index in [1.54, 1.807) is 24.7 Å². The van der Waals surface area contributed by atoms with Crippen LogP contribution in [0.2, 0.25) is 0 Å². The van der Waals surface area contributed by atoms with Gasteiger partial charge in [0.2, 0.25) is 0 Å². The predicted molar refractivity (Wildman–Crippen MR) is 101 cm³/mol. The highest BCUT2D eigenvalue weighted by Crippen LogP contribution is 2.31. The van der Waals surface area contributed by atoms with Gasteiger partial charge in [-0.25, -0.2) is 4.39 Å². The lowest BCUT2D eigenvalue weighted by Gasteiger charge is -2.27. The van der Waals surface area contributed by atoms with Crippen LogP contribution in [0.25, 0.3) is 0 Å². The van der Waals surface area contributed by atoms with Gasteiger partial charge in [0.1, 0.15) is 29.2 Å². The average Bonchev–Trinajstić information content (AvgIpc) is 3.44. The van der Waals surface area contributed by atoms with E-state index in [0.29, 0.717) is 25.4 Å². The largest absolute Gasteiger partial charge is 0.488 e. The molecule has 4 rings (SSSR count). The number of hydrogen-bond acceptors (Lipinski definition) is 5. The smallest absolute Gasteiger partial charge is 0.125 e. The van der Waals surface area contributed by atoms with Crippen molar-refractivity contribution in [1.82, 2.24) is 4.90 Å².